The first-order valence-corrected chi connectivity index (χ1v) is 7.07. The fourth-order valence-corrected chi connectivity index (χ4v) is 2.44. The van der Waals surface area contributed by atoms with Gasteiger partial charge in [0.2, 0.25) is 5.91 Å². The van der Waals surface area contributed by atoms with Crippen LogP contribution in [-0.4, -0.2) is 12.5 Å². The van der Waals surface area contributed by atoms with Crippen molar-refractivity contribution in [1.29, 1.82) is 0 Å². The monoisotopic (exact) mass is 279 g/mol. The quantitative estimate of drug-likeness (QED) is 0.730. The molecule has 106 valence electrons. The summed E-state index contributed by atoms with van der Waals surface area (Å²) >= 11 is 0. The molecule has 2 aromatic carbocycles. The Labute approximate surface area is 123 Å². The van der Waals surface area contributed by atoms with Gasteiger partial charge in [-0.1, -0.05) is 48.6 Å². The van der Waals surface area contributed by atoms with Crippen molar-refractivity contribution >= 4 is 33.9 Å². The van der Waals surface area contributed by atoms with Crippen LogP contribution < -0.4 is 5.32 Å². The summed E-state index contributed by atoms with van der Waals surface area (Å²) in [6.07, 6.45) is 4.90. The van der Waals surface area contributed by atoms with Gasteiger partial charge < -0.3 is 9.73 Å². The van der Waals surface area contributed by atoms with E-state index in [-0.39, 0.29) is 5.91 Å². The molecule has 3 rings (SSSR count). The Morgan fingerprint density at radius 2 is 1.95 bits per heavy atom. The Morgan fingerprint density at radius 1 is 1.14 bits per heavy atom. The number of fused-ring (bicyclic) bond motifs is 3. The molecule has 0 saturated heterocycles. The SMILES string of the molecule is CC(=O)NCCC=Cc1cccc2c1oc1ccccc12. The summed E-state index contributed by atoms with van der Waals surface area (Å²) in [5.74, 6) is 0.00258. The number of para-hydroxylation sites is 2. The Hall–Kier alpha value is -2.55. The number of amides is 1. The molecule has 3 aromatic rings. The second-order valence-corrected chi connectivity index (χ2v) is 5.00. The van der Waals surface area contributed by atoms with Crippen molar-refractivity contribution in [2.45, 2.75) is 13.3 Å². The minimum atomic E-state index is 0.00258. The lowest BCUT2D eigenvalue weighted by Gasteiger charge is -1.98. The molecule has 0 unspecified atom stereocenters. The predicted molar refractivity (Wildman–Crippen MR) is 86.1 cm³/mol. The van der Waals surface area contributed by atoms with E-state index in [0.29, 0.717) is 6.54 Å². The second-order valence-electron chi connectivity index (χ2n) is 5.00. The summed E-state index contributed by atoms with van der Waals surface area (Å²) in [6, 6.07) is 14.2. The van der Waals surface area contributed by atoms with Gasteiger partial charge in [-0.15, -0.1) is 0 Å². The molecule has 3 heteroatoms. The summed E-state index contributed by atoms with van der Waals surface area (Å²) in [5, 5.41) is 5.05. The Balaban J connectivity index is 1.88. The average Bonchev–Trinajstić information content (AvgIpc) is 2.86. The molecule has 1 N–H and O–H groups in total. The number of hydrogen-bond donors (Lipinski definition) is 1. The molecule has 0 aliphatic heterocycles. The average molecular weight is 279 g/mol. The van der Waals surface area contributed by atoms with Gasteiger partial charge in [-0.2, -0.15) is 0 Å². The molecule has 0 aliphatic carbocycles. The van der Waals surface area contributed by atoms with Gasteiger partial charge >= 0.3 is 0 Å². The van der Waals surface area contributed by atoms with Crippen LogP contribution in [0.1, 0.15) is 18.9 Å². The van der Waals surface area contributed by atoms with Gasteiger partial charge in [0, 0.05) is 29.8 Å². The third-order valence-corrected chi connectivity index (χ3v) is 3.42. The van der Waals surface area contributed by atoms with Gasteiger partial charge in [-0.25, -0.2) is 0 Å². The highest BCUT2D eigenvalue weighted by Gasteiger charge is 2.07. The minimum Gasteiger partial charge on any atom is -0.455 e. The van der Waals surface area contributed by atoms with Crippen LogP contribution in [0.5, 0.6) is 0 Å². The van der Waals surface area contributed by atoms with Crippen LogP contribution in [0.4, 0.5) is 0 Å². The van der Waals surface area contributed by atoms with Crippen molar-refractivity contribution < 1.29 is 9.21 Å². The lowest BCUT2D eigenvalue weighted by atomic mass is 10.1. The molecule has 0 spiro atoms. The van der Waals surface area contributed by atoms with Crippen LogP contribution in [0.2, 0.25) is 0 Å². The van der Waals surface area contributed by atoms with Gasteiger partial charge in [0.15, 0.2) is 0 Å². The zero-order chi connectivity index (χ0) is 14.7. The number of carbonyl (C=O) groups excluding carboxylic acids is 1. The third kappa shape index (κ3) is 2.82. The molecule has 21 heavy (non-hydrogen) atoms. The fraction of sp³-hybridized carbons (Fsp3) is 0.167. The highest BCUT2D eigenvalue weighted by molar-refractivity contribution is 6.07. The molecule has 0 atom stereocenters. The van der Waals surface area contributed by atoms with E-state index in [1.54, 1.807) is 0 Å². The van der Waals surface area contributed by atoms with Crippen LogP contribution >= 0.6 is 0 Å². The molecular formula is C18H17NO2. The Morgan fingerprint density at radius 3 is 2.81 bits per heavy atom. The van der Waals surface area contributed by atoms with Crippen LogP contribution in [0.3, 0.4) is 0 Å². The summed E-state index contributed by atoms with van der Waals surface area (Å²) in [5.41, 5.74) is 2.88. The Bertz CT molecular complexity index is 814. The second kappa shape index (κ2) is 5.83. The third-order valence-electron chi connectivity index (χ3n) is 3.42. The summed E-state index contributed by atoms with van der Waals surface area (Å²) < 4.78 is 5.96. The normalized spacial score (nSPS) is 11.5. The molecule has 1 amide bonds. The van der Waals surface area contributed by atoms with Crippen LogP contribution in [0, 0.1) is 0 Å². The highest BCUT2D eigenvalue weighted by atomic mass is 16.3. The van der Waals surface area contributed by atoms with E-state index in [1.165, 1.54) is 6.92 Å². The van der Waals surface area contributed by atoms with E-state index in [4.69, 9.17) is 4.42 Å². The first-order chi connectivity index (χ1) is 10.3. The van der Waals surface area contributed by atoms with Gasteiger partial charge in [-0.3, -0.25) is 4.79 Å². The van der Waals surface area contributed by atoms with Crippen LogP contribution in [0.25, 0.3) is 28.0 Å². The van der Waals surface area contributed by atoms with Crippen molar-refractivity contribution in [3.05, 3.63) is 54.1 Å². The lowest BCUT2D eigenvalue weighted by molar-refractivity contribution is -0.118. The van der Waals surface area contributed by atoms with E-state index >= 15 is 0 Å². The van der Waals surface area contributed by atoms with Gasteiger partial charge in [0.1, 0.15) is 11.2 Å². The number of carbonyl (C=O) groups is 1. The number of hydrogen-bond acceptors (Lipinski definition) is 2. The van der Waals surface area contributed by atoms with Crippen molar-refractivity contribution in [2.75, 3.05) is 6.54 Å². The zero-order valence-electron chi connectivity index (χ0n) is 11.9. The van der Waals surface area contributed by atoms with Crippen LogP contribution in [0.15, 0.2) is 53.0 Å². The molecular weight excluding hydrogens is 262 g/mol. The van der Waals surface area contributed by atoms with Crippen molar-refractivity contribution in [1.82, 2.24) is 5.32 Å². The van der Waals surface area contributed by atoms with E-state index < -0.39 is 0 Å². The molecule has 0 aliphatic rings. The predicted octanol–water partition coefficient (Wildman–Crippen LogP) is 4.13. The maximum atomic E-state index is 10.8. The lowest BCUT2D eigenvalue weighted by Crippen LogP contribution is -2.20. The van der Waals surface area contributed by atoms with Gasteiger partial charge in [-0.05, 0) is 12.5 Å². The van der Waals surface area contributed by atoms with Gasteiger partial charge in [0.25, 0.3) is 0 Å². The first-order valence-electron chi connectivity index (χ1n) is 7.07. The van der Waals surface area contributed by atoms with Crippen LogP contribution in [-0.2, 0) is 4.79 Å². The molecule has 1 heterocycles. The zero-order valence-corrected chi connectivity index (χ0v) is 11.9. The summed E-state index contributed by atoms with van der Waals surface area (Å²) in [7, 11) is 0. The largest absolute Gasteiger partial charge is 0.455 e. The standard InChI is InChI=1S/C18H17NO2/c1-13(20)19-12-5-4-7-14-8-6-10-16-15-9-2-3-11-17(15)21-18(14)16/h2-4,6-11H,5,12H2,1H3,(H,19,20). The van der Waals surface area contributed by atoms with Crippen molar-refractivity contribution in [3.8, 4) is 0 Å². The molecule has 0 radical (unpaired) electrons. The van der Waals surface area contributed by atoms with E-state index in [0.717, 1.165) is 33.9 Å². The smallest absolute Gasteiger partial charge is 0.216 e. The number of nitrogens with one attached hydrogen (secondary N) is 1. The maximum Gasteiger partial charge on any atom is 0.216 e. The molecule has 0 fully saturated rings. The summed E-state index contributed by atoms with van der Waals surface area (Å²) in [6.45, 7) is 2.18. The van der Waals surface area contributed by atoms with E-state index in [2.05, 4.69) is 23.5 Å². The molecule has 0 saturated carbocycles. The number of rotatable bonds is 4. The molecule has 3 nitrogen and oxygen atoms in total. The van der Waals surface area contributed by atoms with Crippen molar-refractivity contribution in [2.24, 2.45) is 0 Å². The first kappa shape index (κ1) is 13.4. The Kier molecular flexibility index (Phi) is 3.73. The number of furan rings is 1. The topological polar surface area (TPSA) is 42.2 Å². The highest BCUT2D eigenvalue weighted by Crippen LogP contribution is 2.31. The number of benzene rings is 2. The molecule has 1 aromatic heterocycles. The van der Waals surface area contributed by atoms with E-state index in [1.807, 2.05) is 36.4 Å². The molecule has 0 bridgehead atoms. The van der Waals surface area contributed by atoms with E-state index in [9.17, 15) is 4.79 Å². The fourth-order valence-electron chi connectivity index (χ4n) is 2.44. The maximum absolute atomic E-state index is 10.8. The van der Waals surface area contributed by atoms with Gasteiger partial charge in [0.05, 0.1) is 0 Å². The minimum absolute atomic E-state index is 0.00258. The summed E-state index contributed by atoms with van der Waals surface area (Å²) in [4.78, 5) is 10.8. The van der Waals surface area contributed by atoms with Crippen molar-refractivity contribution in [3.63, 3.8) is 0 Å².